The van der Waals surface area contributed by atoms with E-state index in [0.717, 1.165) is 38.4 Å². The van der Waals surface area contributed by atoms with Crippen LogP contribution in [0.3, 0.4) is 0 Å². The zero-order valence-electron chi connectivity index (χ0n) is 23.9. The van der Waals surface area contributed by atoms with Crippen LogP contribution in [0.25, 0.3) is 11.1 Å². The number of amides is 1. The van der Waals surface area contributed by atoms with Crippen LogP contribution in [0.4, 0.5) is 22.9 Å². The Morgan fingerprint density at radius 3 is 2.37 bits per heavy atom. The van der Waals surface area contributed by atoms with Crippen molar-refractivity contribution in [1.29, 1.82) is 0 Å². The standard InChI is InChI=1S/C30H30Cl2N6O5/c1-5-25(39)35-19-13-17(38-11-9-37(6-2)10-12-38)7-8-18(19)34-24-14-20-23(16-33-24)43-30(36-20)29(40)26-27(31)21(41-3)15-22(42-4)28(26)32/h5,7-8,13-16H,1,6,9-12H2,2-4H3,(H,33,34)(H,35,39). The Morgan fingerprint density at radius 1 is 1.05 bits per heavy atom. The number of hydrogen-bond acceptors (Lipinski definition) is 10. The Labute approximate surface area is 258 Å². The zero-order chi connectivity index (χ0) is 30.7. The molecule has 5 rings (SSSR count). The van der Waals surface area contributed by atoms with Crippen molar-refractivity contribution in [3.63, 3.8) is 0 Å². The molecule has 2 N–H and O–H groups in total. The summed E-state index contributed by atoms with van der Waals surface area (Å²) in [6.45, 7) is 10.5. The van der Waals surface area contributed by atoms with E-state index in [4.69, 9.17) is 37.1 Å². The minimum absolute atomic E-state index is 0.00540. The lowest BCUT2D eigenvalue weighted by Crippen LogP contribution is -2.46. The molecule has 1 saturated heterocycles. The van der Waals surface area contributed by atoms with E-state index in [2.05, 4.69) is 43.9 Å². The maximum Gasteiger partial charge on any atom is 0.269 e. The minimum atomic E-state index is -0.650. The van der Waals surface area contributed by atoms with Crippen LogP contribution in [0.5, 0.6) is 11.5 Å². The number of likely N-dealkylation sites (N-methyl/N-ethyl adjacent to an activating group) is 1. The monoisotopic (exact) mass is 624 g/mol. The predicted molar refractivity (Wildman–Crippen MR) is 168 cm³/mol. The van der Waals surface area contributed by atoms with Crippen molar-refractivity contribution < 1.29 is 23.5 Å². The zero-order valence-corrected chi connectivity index (χ0v) is 25.4. The van der Waals surface area contributed by atoms with E-state index < -0.39 is 5.78 Å². The van der Waals surface area contributed by atoms with Gasteiger partial charge in [0.1, 0.15) is 22.8 Å². The molecule has 0 atom stereocenters. The first kappa shape index (κ1) is 30.1. The number of benzene rings is 2. The summed E-state index contributed by atoms with van der Waals surface area (Å²) in [5.74, 6) is -0.390. The first-order valence-corrected chi connectivity index (χ1v) is 14.2. The molecule has 0 spiro atoms. The number of piperazine rings is 1. The number of ketones is 1. The minimum Gasteiger partial charge on any atom is -0.495 e. The summed E-state index contributed by atoms with van der Waals surface area (Å²) in [7, 11) is 2.83. The van der Waals surface area contributed by atoms with Crippen molar-refractivity contribution in [1.82, 2.24) is 14.9 Å². The number of rotatable bonds is 10. The van der Waals surface area contributed by atoms with Crippen molar-refractivity contribution in [3.05, 3.63) is 70.7 Å². The molecule has 0 aliphatic carbocycles. The molecule has 3 heterocycles. The van der Waals surface area contributed by atoms with Gasteiger partial charge in [-0.3, -0.25) is 9.59 Å². The third-order valence-corrected chi connectivity index (χ3v) is 7.91. The smallest absolute Gasteiger partial charge is 0.269 e. The summed E-state index contributed by atoms with van der Waals surface area (Å²) >= 11 is 12.8. The molecule has 11 nitrogen and oxygen atoms in total. The lowest BCUT2D eigenvalue weighted by atomic mass is 10.1. The van der Waals surface area contributed by atoms with Crippen LogP contribution < -0.4 is 25.0 Å². The van der Waals surface area contributed by atoms with Crippen LogP contribution in [0.15, 0.2) is 53.6 Å². The predicted octanol–water partition coefficient (Wildman–Crippen LogP) is 5.79. The number of pyridine rings is 1. The Bertz CT molecular complexity index is 1670. The summed E-state index contributed by atoms with van der Waals surface area (Å²) in [5, 5.41) is 6.12. The second-order valence-electron chi connectivity index (χ2n) is 9.64. The molecule has 4 aromatic rings. The van der Waals surface area contributed by atoms with Crippen molar-refractivity contribution in [2.24, 2.45) is 0 Å². The Balaban J connectivity index is 1.43. The highest BCUT2D eigenvalue weighted by Gasteiger charge is 2.27. The number of fused-ring (bicyclic) bond motifs is 1. The van der Waals surface area contributed by atoms with Crippen LogP contribution >= 0.6 is 23.2 Å². The Hall–Kier alpha value is -4.32. The molecule has 43 heavy (non-hydrogen) atoms. The summed E-state index contributed by atoms with van der Waals surface area (Å²) in [5.41, 5.74) is 2.75. The molecule has 0 radical (unpaired) electrons. The number of oxazole rings is 1. The van der Waals surface area contributed by atoms with E-state index in [9.17, 15) is 9.59 Å². The first-order valence-electron chi connectivity index (χ1n) is 13.5. The second kappa shape index (κ2) is 12.9. The van der Waals surface area contributed by atoms with Gasteiger partial charge in [-0.1, -0.05) is 36.7 Å². The van der Waals surface area contributed by atoms with E-state index in [0.29, 0.717) is 22.7 Å². The van der Waals surface area contributed by atoms with Gasteiger partial charge in [0.05, 0.1) is 47.4 Å². The van der Waals surface area contributed by atoms with E-state index in [1.807, 2.05) is 18.2 Å². The largest absolute Gasteiger partial charge is 0.495 e. The van der Waals surface area contributed by atoms with Crippen molar-refractivity contribution in [2.45, 2.75) is 6.92 Å². The molecule has 224 valence electrons. The third-order valence-electron chi connectivity index (χ3n) is 7.16. The molecule has 13 heteroatoms. The SMILES string of the molecule is C=CC(=O)Nc1cc(N2CCN(CC)CC2)ccc1Nc1cc2nc(C(=O)c3c(Cl)c(OC)cc(OC)c3Cl)oc2cn1. The van der Waals surface area contributed by atoms with E-state index >= 15 is 0 Å². The highest BCUT2D eigenvalue weighted by atomic mass is 35.5. The number of nitrogens with zero attached hydrogens (tertiary/aromatic N) is 4. The highest BCUT2D eigenvalue weighted by Crippen LogP contribution is 2.41. The summed E-state index contributed by atoms with van der Waals surface area (Å²) < 4.78 is 16.2. The molecule has 0 bridgehead atoms. The van der Waals surface area contributed by atoms with E-state index in [1.54, 1.807) is 6.07 Å². The van der Waals surface area contributed by atoms with Crippen LogP contribution in [-0.4, -0.2) is 73.5 Å². The number of methoxy groups -OCH3 is 2. The Kier molecular flexibility index (Phi) is 9.05. The Morgan fingerprint density at radius 2 is 1.74 bits per heavy atom. The topological polar surface area (TPSA) is 122 Å². The number of nitrogens with one attached hydrogen (secondary N) is 2. The van der Waals surface area contributed by atoms with Gasteiger partial charge in [-0.05, 0) is 30.8 Å². The average molecular weight is 626 g/mol. The van der Waals surface area contributed by atoms with Crippen LogP contribution in [0, 0.1) is 0 Å². The number of anilines is 4. The second-order valence-corrected chi connectivity index (χ2v) is 10.4. The summed E-state index contributed by atoms with van der Waals surface area (Å²) in [4.78, 5) is 39.1. The number of ether oxygens (including phenoxy) is 2. The quantitative estimate of drug-likeness (QED) is 0.166. The first-order chi connectivity index (χ1) is 20.8. The lowest BCUT2D eigenvalue weighted by Gasteiger charge is -2.35. The fraction of sp³-hybridized carbons (Fsp3) is 0.267. The van der Waals surface area contributed by atoms with Crippen LogP contribution in [0.2, 0.25) is 10.0 Å². The molecule has 0 unspecified atom stereocenters. The van der Waals surface area contributed by atoms with E-state index in [-0.39, 0.29) is 44.5 Å². The van der Waals surface area contributed by atoms with Crippen molar-refractivity contribution in [3.8, 4) is 11.5 Å². The molecule has 2 aromatic carbocycles. The number of carbonyl (C=O) groups excluding carboxylic acids is 2. The molecular weight excluding hydrogens is 595 g/mol. The van der Waals surface area contributed by atoms with Gasteiger partial charge in [-0.25, -0.2) is 9.97 Å². The molecule has 1 aliphatic rings. The highest BCUT2D eigenvalue weighted by molar-refractivity contribution is 6.42. The third kappa shape index (κ3) is 6.24. The fourth-order valence-electron chi connectivity index (χ4n) is 4.78. The van der Waals surface area contributed by atoms with Gasteiger partial charge in [0, 0.05) is 44.0 Å². The van der Waals surface area contributed by atoms with Gasteiger partial charge in [-0.15, -0.1) is 0 Å². The van der Waals surface area contributed by atoms with Crippen LogP contribution in [-0.2, 0) is 4.79 Å². The normalized spacial score (nSPS) is 13.6. The van der Waals surface area contributed by atoms with Gasteiger partial charge < -0.3 is 34.3 Å². The van der Waals surface area contributed by atoms with Gasteiger partial charge in [0.25, 0.3) is 11.7 Å². The molecule has 2 aromatic heterocycles. The molecule has 1 aliphatic heterocycles. The molecule has 0 saturated carbocycles. The molecular formula is C30H30Cl2N6O5. The number of halogens is 2. The van der Waals surface area contributed by atoms with Gasteiger partial charge >= 0.3 is 0 Å². The molecule has 1 fully saturated rings. The van der Waals surface area contributed by atoms with Crippen molar-refractivity contribution in [2.75, 3.05) is 62.5 Å². The van der Waals surface area contributed by atoms with E-state index in [1.165, 1.54) is 32.6 Å². The molecule has 1 amide bonds. The number of aromatic nitrogens is 2. The number of carbonyl (C=O) groups is 2. The fourth-order valence-corrected chi connectivity index (χ4v) is 5.45. The van der Waals surface area contributed by atoms with Gasteiger partial charge in [0.15, 0.2) is 5.58 Å². The summed E-state index contributed by atoms with van der Waals surface area (Å²) in [6.07, 6.45) is 2.66. The van der Waals surface area contributed by atoms with Crippen LogP contribution in [0.1, 0.15) is 23.2 Å². The van der Waals surface area contributed by atoms with Gasteiger partial charge in [0.2, 0.25) is 5.91 Å². The average Bonchev–Trinajstić information content (AvgIpc) is 3.45. The maximum atomic E-state index is 13.4. The van der Waals surface area contributed by atoms with Crippen molar-refractivity contribution >= 4 is 68.9 Å². The summed E-state index contributed by atoms with van der Waals surface area (Å²) in [6, 6.07) is 8.91. The number of hydrogen-bond donors (Lipinski definition) is 2. The maximum absolute atomic E-state index is 13.4. The lowest BCUT2D eigenvalue weighted by molar-refractivity contribution is -0.111. The van der Waals surface area contributed by atoms with Gasteiger partial charge in [-0.2, -0.15) is 0 Å².